The van der Waals surface area contributed by atoms with Crippen LogP contribution in [0.25, 0.3) is 0 Å². The summed E-state index contributed by atoms with van der Waals surface area (Å²) in [6.07, 6.45) is 1.77. The lowest BCUT2D eigenvalue weighted by atomic mass is 10.0. The normalized spacial score (nSPS) is 21.2. The smallest absolute Gasteiger partial charge is 0.306 e. The minimum absolute atomic E-state index is 0.185. The van der Waals surface area contributed by atoms with Crippen LogP contribution in [-0.4, -0.2) is 23.5 Å². The molecule has 1 aliphatic carbocycles. The Bertz CT molecular complexity index is 527. The Morgan fingerprint density at radius 3 is 2.33 bits per heavy atom. The van der Waals surface area contributed by atoms with E-state index in [1.807, 2.05) is 0 Å². The fourth-order valence-corrected chi connectivity index (χ4v) is 2.67. The summed E-state index contributed by atoms with van der Waals surface area (Å²) >= 11 is 0. The van der Waals surface area contributed by atoms with Crippen molar-refractivity contribution >= 4 is 11.9 Å². The van der Waals surface area contributed by atoms with Crippen molar-refractivity contribution < 1.29 is 23.5 Å². The number of carbonyl (C=O) groups is 2. The van der Waals surface area contributed by atoms with E-state index in [1.54, 1.807) is 0 Å². The van der Waals surface area contributed by atoms with Gasteiger partial charge in [-0.15, -0.1) is 0 Å². The van der Waals surface area contributed by atoms with Gasteiger partial charge in [-0.1, -0.05) is 0 Å². The van der Waals surface area contributed by atoms with E-state index in [0.717, 1.165) is 6.07 Å². The van der Waals surface area contributed by atoms with Crippen LogP contribution < -0.4 is 5.32 Å². The number of hydrogen-bond donors (Lipinski definition) is 2. The zero-order valence-corrected chi connectivity index (χ0v) is 11.4. The van der Waals surface area contributed by atoms with Crippen molar-refractivity contribution in [3.8, 4) is 0 Å². The predicted octanol–water partition coefficient (Wildman–Crippen LogP) is 2.12. The van der Waals surface area contributed by atoms with Gasteiger partial charge < -0.3 is 10.4 Å². The summed E-state index contributed by atoms with van der Waals surface area (Å²) in [4.78, 5) is 22.7. The van der Waals surface area contributed by atoms with E-state index in [2.05, 4.69) is 5.32 Å². The molecule has 114 valence electrons. The van der Waals surface area contributed by atoms with Gasteiger partial charge in [-0.05, 0) is 43.4 Å². The first kappa shape index (κ1) is 15.4. The number of halogens is 2. The fourth-order valence-electron chi connectivity index (χ4n) is 2.67. The maximum Gasteiger partial charge on any atom is 0.306 e. The van der Waals surface area contributed by atoms with Gasteiger partial charge in [0.05, 0.1) is 5.92 Å². The van der Waals surface area contributed by atoms with Crippen molar-refractivity contribution in [3.05, 3.63) is 35.4 Å². The maximum absolute atomic E-state index is 13.0. The first-order valence-corrected chi connectivity index (χ1v) is 6.91. The van der Waals surface area contributed by atoms with Crippen LogP contribution in [-0.2, 0) is 16.0 Å². The molecule has 1 saturated carbocycles. The van der Waals surface area contributed by atoms with Crippen LogP contribution in [0.2, 0.25) is 0 Å². The molecule has 0 spiro atoms. The quantitative estimate of drug-likeness (QED) is 0.875. The molecule has 0 saturated heterocycles. The Morgan fingerprint density at radius 1 is 1.14 bits per heavy atom. The first-order valence-electron chi connectivity index (χ1n) is 6.91. The van der Waals surface area contributed by atoms with Crippen LogP contribution in [0.5, 0.6) is 0 Å². The molecule has 0 aliphatic heterocycles. The lowest BCUT2D eigenvalue weighted by molar-refractivity contribution is -0.141. The molecule has 1 amide bonds. The van der Waals surface area contributed by atoms with Gasteiger partial charge in [-0.2, -0.15) is 0 Å². The van der Waals surface area contributed by atoms with Gasteiger partial charge in [0.2, 0.25) is 5.91 Å². The molecular weight excluding hydrogens is 280 g/mol. The average molecular weight is 297 g/mol. The highest BCUT2D eigenvalue weighted by Gasteiger charge is 2.33. The van der Waals surface area contributed by atoms with Gasteiger partial charge in [0.1, 0.15) is 11.6 Å². The van der Waals surface area contributed by atoms with Crippen LogP contribution in [0.15, 0.2) is 18.2 Å². The molecular formula is C15H17F2NO3. The molecule has 0 aromatic heterocycles. The molecule has 1 fully saturated rings. The number of rotatable bonds is 5. The van der Waals surface area contributed by atoms with E-state index < -0.39 is 23.5 Å². The SMILES string of the molecule is O=C(O)C1CCC(C(=O)NCCc2cc(F)cc(F)c2)C1. The van der Waals surface area contributed by atoms with Crippen LogP contribution in [0.1, 0.15) is 24.8 Å². The Kier molecular flexibility index (Phi) is 4.88. The third kappa shape index (κ3) is 4.24. The highest BCUT2D eigenvalue weighted by molar-refractivity contribution is 5.80. The number of carbonyl (C=O) groups excluding carboxylic acids is 1. The van der Waals surface area contributed by atoms with E-state index in [0.29, 0.717) is 31.2 Å². The van der Waals surface area contributed by atoms with E-state index >= 15 is 0 Å². The monoisotopic (exact) mass is 297 g/mol. The number of aliphatic carboxylic acids is 1. The predicted molar refractivity (Wildman–Crippen MR) is 71.5 cm³/mol. The zero-order chi connectivity index (χ0) is 15.4. The summed E-state index contributed by atoms with van der Waals surface area (Å²) in [6, 6.07) is 3.25. The molecule has 1 aromatic rings. The minimum Gasteiger partial charge on any atom is -0.481 e. The lowest BCUT2D eigenvalue weighted by Crippen LogP contribution is -2.31. The highest BCUT2D eigenvalue weighted by atomic mass is 19.1. The molecule has 2 N–H and O–H groups in total. The Labute approximate surface area is 121 Å². The van der Waals surface area contributed by atoms with Crippen LogP contribution >= 0.6 is 0 Å². The second kappa shape index (κ2) is 6.65. The van der Waals surface area contributed by atoms with Crippen molar-refractivity contribution in [1.29, 1.82) is 0 Å². The summed E-state index contributed by atoms with van der Waals surface area (Å²) < 4.78 is 26.0. The summed E-state index contributed by atoms with van der Waals surface area (Å²) in [6.45, 7) is 0.274. The van der Waals surface area contributed by atoms with Gasteiger partial charge in [0.25, 0.3) is 0 Å². The van der Waals surface area contributed by atoms with E-state index in [9.17, 15) is 18.4 Å². The second-order valence-corrected chi connectivity index (χ2v) is 5.36. The van der Waals surface area contributed by atoms with Crippen molar-refractivity contribution in [1.82, 2.24) is 5.32 Å². The topological polar surface area (TPSA) is 66.4 Å². The van der Waals surface area contributed by atoms with Crippen molar-refractivity contribution in [2.45, 2.75) is 25.7 Å². The largest absolute Gasteiger partial charge is 0.481 e. The number of hydrogen-bond acceptors (Lipinski definition) is 2. The van der Waals surface area contributed by atoms with Gasteiger partial charge >= 0.3 is 5.97 Å². The summed E-state index contributed by atoms with van der Waals surface area (Å²) in [7, 11) is 0. The molecule has 4 nitrogen and oxygen atoms in total. The molecule has 2 atom stereocenters. The zero-order valence-electron chi connectivity index (χ0n) is 11.4. The lowest BCUT2D eigenvalue weighted by Gasteiger charge is -2.11. The molecule has 1 aromatic carbocycles. The van der Waals surface area contributed by atoms with Crippen LogP contribution in [0, 0.1) is 23.5 Å². The molecule has 0 radical (unpaired) electrons. The number of benzene rings is 1. The van der Waals surface area contributed by atoms with E-state index in [-0.39, 0.29) is 18.4 Å². The summed E-state index contributed by atoms with van der Waals surface area (Å²) in [5.41, 5.74) is 0.475. The van der Waals surface area contributed by atoms with E-state index in [1.165, 1.54) is 12.1 Å². The van der Waals surface area contributed by atoms with Crippen molar-refractivity contribution in [2.75, 3.05) is 6.54 Å². The molecule has 1 aliphatic rings. The van der Waals surface area contributed by atoms with Gasteiger partial charge in [0.15, 0.2) is 0 Å². The highest BCUT2D eigenvalue weighted by Crippen LogP contribution is 2.31. The molecule has 2 rings (SSSR count). The number of carboxylic acids is 1. The number of amides is 1. The van der Waals surface area contributed by atoms with Gasteiger partial charge in [0, 0.05) is 18.5 Å². The summed E-state index contributed by atoms with van der Waals surface area (Å²) in [5, 5.41) is 11.6. The Hall–Kier alpha value is -1.98. The average Bonchev–Trinajstić information content (AvgIpc) is 2.87. The molecule has 21 heavy (non-hydrogen) atoms. The first-order chi connectivity index (χ1) is 9.95. The fraction of sp³-hybridized carbons (Fsp3) is 0.467. The van der Waals surface area contributed by atoms with Crippen molar-refractivity contribution in [2.24, 2.45) is 11.8 Å². The minimum atomic E-state index is -0.861. The third-order valence-corrected chi connectivity index (χ3v) is 3.79. The van der Waals surface area contributed by atoms with E-state index in [4.69, 9.17) is 5.11 Å². The Morgan fingerprint density at radius 2 is 1.76 bits per heavy atom. The number of carboxylic acid groups (broad SMARTS) is 1. The van der Waals surface area contributed by atoms with Crippen LogP contribution in [0.3, 0.4) is 0 Å². The molecule has 6 heteroatoms. The van der Waals surface area contributed by atoms with Crippen molar-refractivity contribution in [3.63, 3.8) is 0 Å². The second-order valence-electron chi connectivity index (χ2n) is 5.36. The molecule has 2 unspecified atom stereocenters. The number of nitrogens with one attached hydrogen (secondary N) is 1. The van der Waals surface area contributed by atoms with Gasteiger partial charge in [-0.25, -0.2) is 8.78 Å². The molecule has 0 heterocycles. The van der Waals surface area contributed by atoms with Crippen LogP contribution in [0.4, 0.5) is 8.78 Å². The molecule has 0 bridgehead atoms. The third-order valence-electron chi connectivity index (χ3n) is 3.79. The summed E-state index contributed by atoms with van der Waals surface area (Å²) in [5.74, 6) is -3.06. The maximum atomic E-state index is 13.0. The Balaban J connectivity index is 1.78. The standard InChI is InChI=1S/C15H17F2NO3/c16-12-5-9(6-13(17)8-12)3-4-18-14(19)10-1-2-11(7-10)15(20)21/h5-6,8,10-11H,1-4,7H2,(H,18,19)(H,20,21). The van der Waals surface area contributed by atoms with Gasteiger partial charge in [-0.3, -0.25) is 9.59 Å².